The highest BCUT2D eigenvalue weighted by Gasteiger charge is 2.23. The third kappa shape index (κ3) is 4.98. The first-order valence-electron chi connectivity index (χ1n) is 11.2. The predicted molar refractivity (Wildman–Crippen MR) is 125 cm³/mol. The van der Waals surface area contributed by atoms with Crippen molar-refractivity contribution in [2.45, 2.75) is 37.7 Å². The quantitative estimate of drug-likeness (QED) is 0.342. The van der Waals surface area contributed by atoms with E-state index < -0.39 is 11.6 Å². The van der Waals surface area contributed by atoms with Crippen LogP contribution in [0.3, 0.4) is 0 Å². The van der Waals surface area contributed by atoms with Crippen LogP contribution in [-0.4, -0.2) is 19.8 Å². The molecule has 3 aromatic rings. The van der Waals surface area contributed by atoms with Crippen LogP contribution in [0.15, 0.2) is 67.3 Å². The molecule has 0 radical (unpaired) electrons. The SMILES string of the molecule is C=CCCC1CCC(c2ccc(-c3ccc(-c4ccc(OC)c(F)c4F)cc3)c(F)c2)CO1. The molecule has 2 atom stereocenters. The summed E-state index contributed by atoms with van der Waals surface area (Å²) in [6.07, 6.45) is 6.02. The molecule has 1 aliphatic rings. The lowest BCUT2D eigenvalue weighted by atomic mass is 9.89. The molecule has 172 valence electrons. The van der Waals surface area contributed by atoms with E-state index in [4.69, 9.17) is 9.47 Å². The Labute approximate surface area is 192 Å². The van der Waals surface area contributed by atoms with Crippen LogP contribution in [0, 0.1) is 17.5 Å². The van der Waals surface area contributed by atoms with Crippen LogP contribution in [0.1, 0.15) is 37.2 Å². The highest BCUT2D eigenvalue weighted by Crippen LogP contribution is 2.34. The number of hydrogen-bond acceptors (Lipinski definition) is 2. The maximum atomic E-state index is 15.0. The summed E-state index contributed by atoms with van der Waals surface area (Å²) in [6, 6.07) is 14.9. The zero-order chi connectivity index (χ0) is 23.4. The number of benzene rings is 3. The van der Waals surface area contributed by atoms with Gasteiger partial charge < -0.3 is 9.47 Å². The molecular weight excluding hydrogens is 425 g/mol. The smallest absolute Gasteiger partial charge is 0.201 e. The first-order valence-corrected chi connectivity index (χ1v) is 11.2. The van der Waals surface area contributed by atoms with Crippen molar-refractivity contribution in [3.63, 3.8) is 0 Å². The Morgan fingerprint density at radius 1 is 0.939 bits per heavy atom. The molecule has 0 N–H and O–H groups in total. The monoisotopic (exact) mass is 452 g/mol. The lowest BCUT2D eigenvalue weighted by Crippen LogP contribution is -2.24. The van der Waals surface area contributed by atoms with Crippen LogP contribution >= 0.6 is 0 Å². The zero-order valence-electron chi connectivity index (χ0n) is 18.6. The van der Waals surface area contributed by atoms with Gasteiger partial charge in [0.05, 0.1) is 19.8 Å². The average Bonchev–Trinajstić information content (AvgIpc) is 2.85. The van der Waals surface area contributed by atoms with Gasteiger partial charge in [-0.3, -0.25) is 0 Å². The molecule has 1 aliphatic heterocycles. The molecule has 0 aliphatic carbocycles. The van der Waals surface area contributed by atoms with E-state index in [1.807, 2.05) is 12.1 Å². The fourth-order valence-electron chi connectivity index (χ4n) is 4.36. The van der Waals surface area contributed by atoms with Gasteiger partial charge in [0.15, 0.2) is 11.6 Å². The summed E-state index contributed by atoms with van der Waals surface area (Å²) < 4.78 is 54.2. The van der Waals surface area contributed by atoms with Crippen molar-refractivity contribution >= 4 is 0 Å². The Morgan fingerprint density at radius 2 is 1.64 bits per heavy atom. The van der Waals surface area contributed by atoms with Crippen LogP contribution in [0.2, 0.25) is 0 Å². The Bertz CT molecular complexity index is 1120. The van der Waals surface area contributed by atoms with Crippen molar-refractivity contribution in [1.29, 1.82) is 0 Å². The van der Waals surface area contributed by atoms with Gasteiger partial charge in [0, 0.05) is 17.0 Å². The summed E-state index contributed by atoms with van der Waals surface area (Å²) in [5.41, 5.74) is 2.69. The van der Waals surface area contributed by atoms with Gasteiger partial charge in [0.1, 0.15) is 5.82 Å². The van der Waals surface area contributed by atoms with Crippen LogP contribution in [0.4, 0.5) is 13.2 Å². The van der Waals surface area contributed by atoms with E-state index in [0.29, 0.717) is 23.3 Å². The lowest BCUT2D eigenvalue weighted by Gasteiger charge is -2.29. The lowest BCUT2D eigenvalue weighted by molar-refractivity contribution is -0.000212. The second kappa shape index (κ2) is 10.3. The van der Waals surface area contributed by atoms with E-state index in [2.05, 4.69) is 6.58 Å². The number of ether oxygens (including phenoxy) is 2. The molecule has 2 unspecified atom stereocenters. The predicted octanol–water partition coefficient (Wildman–Crippen LogP) is 7.68. The van der Waals surface area contributed by atoms with Gasteiger partial charge in [-0.05, 0) is 60.6 Å². The minimum absolute atomic E-state index is 0.124. The molecule has 33 heavy (non-hydrogen) atoms. The van der Waals surface area contributed by atoms with Gasteiger partial charge >= 0.3 is 0 Å². The molecule has 1 fully saturated rings. The summed E-state index contributed by atoms with van der Waals surface area (Å²) >= 11 is 0. The molecule has 0 aromatic heterocycles. The Kier molecular flexibility index (Phi) is 7.19. The van der Waals surface area contributed by atoms with E-state index in [1.165, 1.54) is 19.2 Å². The maximum Gasteiger partial charge on any atom is 0.201 e. The van der Waals surface area contributed by atoms with Crippen molar-refractivity contribution in [1.82, 2.24) is 0 Å². The Morgan fingerprint density at radius 3 is 2.24 bits per heavy atom. The van der Waals surface area contributed by atoms with Gasteiger partial charge in [0.25, 0.3) is 0 Å². The standard InChI is InChI=1S/C28H27F3O2/c1-3-4-5-22-12-10-21(17-33-22)20-11-13-23(25(29)16-20)18-6-8-19(9-7-18)24-14-15-26(32-2)28(31)27(24)30/h3,6-9,11,13-16,21-22H,1,4-5,10,12,17H2,2H3. The summed E-state index contributed by atoms with van der Waals surface area (Å²) in [7, 11) is 1.29. The van der Waals surface area contributed by atoms with Crippen LogP contribution in [0.25, 0.3) is 22.3 Å². The van der Waals surface area contributed by atoms with E-state index in [-0.39, 0.29) is 29.2 Å². The first-order chi connectivity index (χ1) is 16.0. The summed E-state index contributed by atoms with van der Waals surface area (Å²) in [4.78, 5) is 0. The molecule has 5 heteroatoms. The van der Waals surface area contributed by atoms with Crippen LogP contribution < -0.4 is 4.74 Å². The highest BCUT2D eigenvalue weighted by atomic mass is 19.2. The molecule has 0 amide bonds. The van der Waals surface area contributed by atoms with Crippen molar-refractivity contribution < 1.29 is 22.6 Å². The Hall–Kier alpha value is -3.05. The second-order valence-corrected chi connectivity index (χ2v) is 8.36. The largest absolute Gasteiger partial charge is 0.494 e. The van der Waals surface area contributed by atoms with Crippen molar-refractivity contribution in [2.75, 3.05) is 13.7 Å². The molecule has 0 bridgehead atoms. The summed E-state index contributed by atoms with van der Waals surface area (Å²) in [5, 5.41) is 0. The minimum Gasteiger partial charge on any atom is -0.494 e. The second-order valence-electron chi connectivity index (χ2n) is 8.36. The third-order valence-corrected chi connectivity index (χ3v) is 6.30. The van der Waals surface area contributed by atoms with Gasteiger partial charge in [-0.1, -0.05) is 42.5 Å². The minimum atomic E-state index is -1.03. The number of rotatable bonds is 7. The molecule has 0 spiro atoms. The first kappa shape index (κ1) is 23.1. The number of methoxy groups -OCH3 is 1. The number of allylic oxidation sites excluding steroid dienone is 1. The molecule has 2 nitrogen and oxygen atoms in total. The molecule has 3 aromatic carbocycles. The van der Waals surface area contributed by atoms with E-state index >= 15 is 0 Å². The fourth-order valence-corrected chi connectivity index (χ4v) is 4.36. The van der Waals surface area contributed by atoms with E-state index in [9.17, 15) is 13.2 Å². The normalized spacial score (nSPS) is 18.2. The van der Waals surface area contributed by atoms with Crippen molar-refractivity contribution in [3.05, 3.63) is 90.3 Å². The fraction of sp³-hybridized carbons (Fsp3) is 0.286. The van der Waals surface area contributed by atoms with Crippen LogP contribution in [-0.2, 0) is 4.74 Å². The van der Waals surface area contributed by atoms with E-state index in [1.54, 1.807) is 36.4 Å². The van der Waals surface area contributed by atoms with Gasteiger partial charge in [-0.25, -0.2) is 8.78 Å². The van der Waals surface area contributed by atoms with Gasteiger partial charge in [0.2, 0.25) is 5.82 Å². The highest BCUT2D eigenvalue weighted by molar-refractivity contribution is 5.71. The van der Waals surface area contributed by atoms with Gasteiger partial charge in [-0.15, -0.1) is 6.58 Å². The number of hydrogen-bond donors (Lipinski definition) is 0. The molecule has 4 rings (SSSR count). The van der Waals surface area contributed by atoms with Gasteiger partial charge in [-0.2, -0.15) is 4.39 Å². The molecular formula is C28H27F3O2. The zero-order valence-corrected chi connectivity index (χ0v) is 18.6. The third-order valence-electron chi connectivity index (χ3n) is 6.30. The van der Waals surface area contributed by atoms with Crippen molar-refractivity contribution in [3.8, 4) is 28.0 Å². The maximum absolute atomic E-state index is 15.0. The summed E-state index contributed by atoms with van der Waals surface area (Å²) in [6.45, 7) is 4.35. The molecule has 0 saturated carbocycles. The van der Waals surface area contributed by atoms with Crippen molar-refractivity contribution in [2.24, 2.45) is 0 Å². The topological polar surface area (TPSA) is 18.5 Å². The average molecular weight is 453 g/mol. The number of halogens is 3. The van der Waals surface area contributed by atoms with E-state index in [0.717, 1.165) is 31.2 Å². The van der Waals surface area contributed by atoms with Crippen LogP contribution in [0.5, 0.6) is 5.75 Å². The molecule has 1 saturated heterocycles. The Balaban J connectivity index is 1.49. The summed E-state index contributed by atoms with van der Waals surface area (Å²) in [5.74, 6) is -2.27. The molecule has 1 heterocycles.